The second-order valence-electron chi connectivity index (χ2n) is 19.5. The molecule has 1 fully saturated rings. The molecular formula is C53H103NO11S. The fourth-order valence-electron chi connectivity index (χ4n) is 9.04. The third kappa shape index (κ3) is 35.9. The second-order valence-corrected chi connectivity index (χ2v) is 20.6. The highest BCUT2D eigenvalue weighted by Crippen LogP contribution is 2.26. The molecule has 0 aromatic carbocycles. The Kier molecular flexibility index (Phi) is 41.7. The van der Waals surface area contributed by atoms with Gasteiger partial charge in [-0.3, -0.25) is 9.35 Å². The van der Waals surface area contributed by atoms with E-state index in [9.17, 15) is 38.2 Å². The number of carbonyl (C=O) groups is 1. The molecule has 7 unspecified atom stereocenters. The third-order valence-electron chi connectivity index (χ3n) is 13.3. The topological polar surface area (TPSA) is 192 Å². The van der Waals surface area contributed by atoms with Gasteiger partial charge in [0.15, 0.2) is 6.29 Å². The smallest absolute Gasteiger partial charge is 0.394 e. The lowest BCUT2D eigenvalue weighted by molar-refractivity contribution is -0.298. The zero-order valence-electron chi connectivity index (χ0n) is 42.3. The van der Waals surface area contributed by atoms with Crippen molar-refractivity contribution in [2.24, 2.45) is 0 Å². The molecule has 0 aliphatic carbocycles. The van der Waals surface area contributed by atoms with Crippen LogP contribution in [0.1, 0.15) is 264 Å². The molecule has 6 N–H and O–H groups in total. The van der Waals surface area contributed by atoms with Gasteiger partial charge in [-0.25, -0.2) is 4.18 Å². The van der Waals surface area contributed by atoms with E-state index in [1.54, 1.807) is 0 Å². The van der Waals surface area contributed by atoms with Crippen molar-refractivity contribution in [1.29, 1.82) is 0 Å². The van der Waals surface area contributed by atoms with Crippen LogP contribution >= 0.6 is 0 Å². The van der Waals surface area contributed by atoms with E-state index in [2.05, 4.69) is 35.5 Å². The van der Waals surface area contributed by atoms with Crippen molar-refractivity contribution in [3.63, 3.8) is 0 Å². The summed E-state index contributed by atoms with van der Waals surface area (Å²) >= 11 is 0. The lowest BCUT2D eigenvalue weighted by atomic mass is 9.99. The first kappa shape index (κ1) is 62.9. The summed E-state index contributed by atoms with van der Waals surface area (Å²) in [5.41, 5.74) is 0. The van der Waals surface area contributed by atoms with Gasteiger partial charge in [0.25, 0.3) is 0 Å². The average molecular weight is 962 g/mol. The predicted octanol–water partition coefficient (Wildman–Crippen LogP) is 12.3. The van der Waals surface area contributed by atoms with Gasteiger partial charge in [0.05, 0.1) is 25.4 Å². The van der Waals surface area contributed by atoms with Crippen LogP contribution in [0, 0.1) is 0 Å². The number of aliphatic hydroxyl groups excluding tert-OH is 4. The number of hydrogen-bond donors (Lipinski definition) is 6. The zero-order valence-corrected chi connectivity index (χ0v) is 43.1. The summed E-state index contributed by atoms with van der Waals surface area (Å²) in [6.45, 7) is 3.48. The second kappa shape index (κ2) is 43.8. The summed E-state index contributed by atoms with van der Waals surface area (Å²) < 4.78 is 47.8. The Labute approximate surface area is 404 Å². The molecule has 0 aromatic rings. The van der Waals surface area contributed by atoms with Crippen molar-refractivity contribution in [3.05, 3.63) is 12.2 Å². The molecule has 66 heavy (non-hydrogen) atoms. The van der Waals surface area contributed by atoms with Gasteiger partial charge in [-0.15, -0.1) is 0 Å². The van der Waals surface area contributed by atoms with Crippen molar-refractivity contribution < 1.29 is 51.8 Å². The van der Waals surface area contributed by atoms with E-state index in [-0.39, 0.29) is 18.9 Å². The van der Waals surface area contributed by atoms with Gasteiger partial charge >= 0.3 is 10.4 Å². The molecule has 392 valence electrons. The third-order valence-corrected chi connectivity index (χ3v) is 13.8. The van der Waals surface area contributed by atoms with E-state index in [1.165, 1.54) is 180 Å². The summed E-state index contributed by atoms with van der Waals surface area (Å²) in [5, 5.41) is 45.0. The van der Waals surface area contributed by atoms with Gasteiger partial charge in [0.1, 0.15) is 24.4 Å². The van der Waals surface area contributed by atoms with Gasteiger partial charge < -0.3 is 35.2 Å². The molecular weight excluding hydrogens is 859 g/mol. The molecule has 0 radical (unpaired) electrons. The predicted molar refractivity (Wildman–Crippen MR) is 269 cm³/mol. The van der Waals surface area contributed by atoms with Crippen LogP contribution in [0.25, 0.3) is 0 Å². The minimum atomic E-state index is -5.08. The van der Waals surface area contributed by atoms with Crippen LogP contribution in [0.2, 0.25) is 0 Å². The Morgan fingerprint density at radius 3 is 1.36 bits per heavy atom. The SMILES string of the molecule is CCCCCCCCCCCCCC/C=C\CCCCCCCCCC(=O)NC(COC1OC(CO)C(O)C(OS(=O)(=O)O)C1O)C(O)CCCCCCCCCCCCCCCCCC. The molecule has 1 saturated heterocycles. The molecule has 0 spiro atoms. The average Bonchev–Trinajstić information content (AvgIpc) is 3.29. The van der Waals surface area contributed by atoms with Crippen LogP contribution < -0.4 is 5.32 Å². The zero-order chi connectivity index (χ0) is 48.4. The number of nitrogens with one attached hydrogen (secondary N) is 1. The Bertz CT molecular complexity index is 1220. The quantitative estimate of drug-likeness (QED) is 0.0193. The van der Waals surface area contributed by atoms with E-state index >= 15 is 0 Å². The van der Waals surface area contributed by atoms with Gasteiger partial charge in [0, 0.05) is 6.42 Å². The van der Waals surface area contributed by atoms with E-state index in [4.69, 9.17) is 9.47 Å². The number of rotatable bonds is 48. The number of ether oxygens (including phenoxy) is 2. The van der Waals surface area contributed by atoms with Crippen LogP contribution in [0.4, 0.5) is 0 Å². The molecule has 0 aromatic heterocycles. The van der Waals surface area contributed by atoms with Gasteiger partial charge in [-0.05, 0) is 38.5 Å². The first-order valence-corrected chi connectivity index (χ1v) is 28.9. The number of aliphatic hydroxyl groups is 4. The number of amides is 1. The van der Waals surface area contributed by atoms with Crippen LogP contribution in [0.3, 0.4) is 0 Å². The summed E-state index contributed by atoms with van der Waals surface area (Å²) in [6.07, 6.45) is 42.1. The normalized spacial score (nSPS) is 20.0. The van der Waals surface area contributed by atoms with Crippen LogP contribution in [0.5, 0.6) is 0 Å². The Hall–Kier alpha value is -1.16. The highest BCUT2D eigenvalue weighted by atomic mass is 32.3. The minimum Gasteiger partial charge on any atom is -0.394 e. The van der Waals surface area contributed by atoms with Gasteiger partial charge in [-0.1, -0.05) is 231 Å². The van der Waals surface area contributed by atoms with Crippen LogP contribution in [-0.4, -0.2) is 95.4 Å². The maximum absolute atomic E-state index is 13.1. The maximum atomic E-state index is 13.1. The van der Waals surface area contributed by atoms with E-state index < -0.39 is 59.9 Å². The monoisotopic (exact) mass is 962 g/mol. The molecule has 0 bridgehead atoms. The highest BCUT2D eigenvalue weighted by molar-refractivity contribution is 7.80. The molecule has 1 amide bonds. The largest absolute Gasteiger partial charge is 0.397 e. The Morgan fingerprint density at radius 2 is 0.970 bits per heavy atom. The molecule has 1 aliphatic heterocycles. The molecule has 0 saturated carbocycles. The first-order valence-electron chi connectivity index (χ1n) is 27.6. The number of unbranched alkanes of at least 4 members (excludes halogenated alkanes) is 34. The van der Waals surface area contributed by atoms with Crippen molar-refractivity contribution in [2.45, 2.75) is 307 Å². The number of hydrogen-bond acceptors (Lipinski definition) is 10. The molecule has 1 heterocycles. The molecule has 1 aliphatic rings. The summed E-state index contributed by atoms with van der Waals surface area (Å²) in [6, 6.07) is -0.858. The number of carbonyl (C=O) groups excluding carboxylic acids is 1. The van der Waals surface area contributed by atoms with Crippen molar-refractivity contribution in [1.82, 2.24) is 5.32 Å². The molecule has 13 heteroatoms. The van der Waals surface area contributed by atoms with Crippen molar-refractivity contribution in [2.75, 3.05) is 13.2 Å². The van der Waals surface area contributed by atoms with Gasteiger partial charge in [0.2, 0.25) is 5.91 Å². The summed E-state index contributed by atoms with van der Waals surface area (Å²) in [4.78, 5) is 13.1. The Morgan fingerprint density at radius 1 is 0.591 bits per heavy atom. The molecule has 12 nitrogen and oxygen atoms in total. The lowest BCUT2D eigenvalue weighted by Gasteiger charge is -2.41. The van der Waals surface area contributed by atoms with E-state index in [1.807, 2.05) is 0 Å². The fourth-order valence-corrected chi connectivity index (χ4v) is 9.55. The highest BCUT2D eigenvalue weighted by Gasteiger charge is 2.48. The minimum absolute atomic E-state index is 0.230. The maximum Gasteiger partial charge on any atom is 0.397 e. The van der Waals surface area contributed by atoms with E-state index in [0.717, 1.165) is 51.4 Å². The van der Waals surface area contributed by atoms with Crippen molar-refractivity contribution >= 4 is 16.3 Å². The van der Waals surface area contributed by atoms with Crippen molar-refractivity contribution in [3.8, 4) is 0 Å². The van der Waals surface area contributed by atoms with Crippen LogP contribution in [0.15, 0.2) is 12.2 Å². The van der Waals surface area contributed by atoms with Crippen LogP contribution in [-0.2, 0) is 28.9 Å². The summed E-state index contributed by atoms with van der Waals surface area (Å²) in [5.74, 6) is -0.230. The van der Waals surface area contributed by atoms with Gasteiger partial charge in [-0.2, -0.15) is 8.42 Å². The molecule has 1 rings (SSSR count). The number of allylic oxidation sites excluding steroid dienone is 2. The molecule has 7 atom stereocenters. The summed E-state index contributed by atoms with van der Waals surface area (Å²) in [7, 11) is -5.08. The first-order chi connectivity index (χ1) is 32.0. The fraction of sp³-hybridized carbons (Fsp3) is 0.943. The standard InChI is InChI=1S/C53H103NO11S/c1-3-5-7-9-11-13-15-17-19-21-22-23-24-25-26-27-29-31-33-35-37-39-41-43-49(57)54-46(45-63-53-51(59)52(65-66(60,61)62)50(58)48(44-55)64-53)47(56)42-40-38-36-34-32-30-28-20-18-16-14-12-10-8-6-4-2/h25-26,46-48,50-53,55-56,58-59H,3-24,27-45H2,1-2H3,(H,54,57)(H,60,61,62)/b26-25-. The van der Waals surface area contributed by atoms with E-state index in [0.29, 0.717) is 12.8 Å². The lowest BCUT2D eigenvalue weighted by Crippen LogP contribution is -2.61. The Balaban J connectivity index is 2.37.